The van der Waals surface area contributed by atoms with Crippen LogP contribution in [0.1, 0.15) is 30.3 Å². The third-order valence-corrected chi connectivity index (χ3v) is 5.14. The van der Waals surface area contributed by atoms with Gasteiger partial charge in [-0.2, -0.15) is 0 Å². The first-order valence-electron chi connectivity index (χ1n) is 7.48. The molecule has 1 saturated heterocycles. The Hall–Kier alpha value is -2.41. The van der Waals surface area contributed by atoms with E-state index < -0.39 is 17.5 Å². The molecular formula is C17H18N2O4S. The predicted octanol–water partition coefficient (Wildman–Crippen LogP) is 2.42. The largest absolute Gasteiger partial charge is 0.497 e. The van der Waals surface area contributed by atoms with Gasteiger partial charge in [-0.25, -0.2) is 0 Å². The van der Waals surface area contributed by atoms with Gasteiger partial charge in [-0.15, -0.1) is 11.3 Å². The number of nitrogens with one attached hydrogen (secondary N) is 1. The number of amides is 1. The summed E-state index contributed by atoms with van der Waals surface area (Å²) in [5.74, 6) is -0.403. The quantitative estimate of drug-likeness (QED) is 0.664. The van der Waals surface area contributed by atoms with Crippen molar-refractivity contribution in [1.82, 2.24) is 10.3 Å². The van der Waals surface area contributed by atoms with E-state index in [2.05, 4.69) is 10.3 Å². The minimum absolute atomic E-state index is 0.145. The van der Waals surface area contributed by atoms with Crippen LogP contribution < -0.4 is 10.1 Å². The van der Waals surface area contributed by atoms with Gasteiger partial charge in [-0.05, 0) is 24.6 Å². The van der Waals surface area contributed by atoms with E-state index in [1.165, 1.54) is 18.3 Å². The molecule has 24 heavy (non-hydrogen) atoms. The zero-order valence-corrected chi connectivity index (χ0v) is 14.4. The first kappa shape index (κ1) is 16.4. The maximum Gasteiger partial charge on any atom is 0.303 e. The SMILES string of the molecule is COc1ccc(C(C)(OC(C)=O)C2C(=O)NC2c2cncs2)cc1. The molecule has 3 rings (SSSR count). The Balaban J connectivity index is 2.00. The van der Waals surface area contributed by atoms with Crippen LogP contribution in [0.4, 0.5) is 0 Å². The average molecular weight is 346 g/mol. The van der Waals surface area contributed by atoms with E-state index in [0.29, 0.717) is 5.75 Å². The summed E-state index contributed by atoms with van der Waals surface area (Å²) in [7, 11) is 1.58. The van der Waals surface area contributed by atoms with E-state index in [1.807, 2.05) is 12.1 Å². The second-order valence-electron chi connectivity index (χ2n) is 5.80. The number of aromatic nitrogens is 1. The van der Waals surface area contributed by atoms with Gasteiger partial charge in [0.05, 0.1) is 18.7 Å². The molecule has 0 saturated carbocycles. The zero-order valence-electron chi connectivity index (χ0n) is 13.6. The molecule has 3 atom stereocenters. The van der Waals surface area contributed by atoms with Crippen molar-refractivity contribution in [2.75, 3.05) is 7.11 Å². The van der Waals surface area contributed by atoms with Gasteiger partial charge in [0.15, 0.2) is 0 Å². The molecule has 0 bridgehead atoms. The van der Waals surface area contributed by atoms with Crippen molar-refractivity contribution in [3.63, 3.8) is 0 Å². The highest BCUT2D eigenvalue weighted by atomic mass is 32.1. The number of nitrogens with zero attached hydrogens (tertiary/aromatic N) is 1. The van der Waals surface area contributed by atoms with Crippen molar-refractivity contribution in [1.29, 1.82) is 0 Å². The Morgan fingerprint density at radius 3 is 2.54 bits per heavy atom. The summed E-state index contributed by atoms with van der Waals surface area (Å²) in [4.78, 5) is 29.0. The van der Waals surface area contributed by atoms with Crippen molar-refractivity contribution >= 4 is 23.2 Å². The summed E-state index contributed by atoms with van der Waals surface area (Å²) in [6.07, 6.45) is 1.73. The molecule has 3 unspecified atom stereocenters. The first-order valence-corrected chi connectivity index (χ1v) is 8.36. The van der Waals surface area contributed by atoms with E-state index in [9.17, 15) is 9.59 Å². The molecule has 2 heterocycles. The molecule has 2 aromatic rings. The lowest BCUT2D eigenvalue weighted by molar-refractivity contribution is -0.175. The lowest BCUT2D eigenvalue weighted by Gasteiger charge is -2.46. The minimum Gasteiger partial charge on any atom is -0.497 e. The maximum absolute atomic E-state index is 12.3. The molecule has 1 amide bonds. The number of carbonyl (C=O) groups excluding carboxylic acids is 2. The molecule has 1 fully saturated rings. The lowest BCUT2D eigenvalue weighted by Crippen LogP contribution is -2.60. The highest BCUT2D eigenvalue weighted by Gasteiger charge is 2.55. The summed E-state index contributed by atoms with van der Waals surface area (Å²) in [5, 5.41) is 2.88. The second-order valence-corrected chi connectivity index (χ2v) is 6.71. The van der Waals surface area contributed by atoms with Gasteiger partial charge in [-0.3, -0.25) is 14.6 Å². The molecule has 0 spiro atoms. The monoisotopic (exact) mass is 346 g/mol. The number of β-lactam (4-membered cyclic amide) rings is 1. The van der Waals surface area contributed by atoms with Gasteiger partial charge < -0.3 is 14.8 Å². The zero-order chi connectivity index (χ0) is 17.3. The Bertz CT molecular complexity index is 744. The van der Waals surface area contributed by atoms with Crippen LogP contribution in [0, 0.1) is 5.92 Å². The van der Waals surface area contributed by atoms with E-state index in [4.69, 9.17) is 9.47 Å². The smallest absolute Gasteiger partial charge is 0.303 e. The topological polar surface area (TPSA) is 77.5 Å². The Morgan fingerprint density at radius 1 is 1.33 bits per heavy atom. The van der Waals surface area contributed by atoms with Crippen molar-refractivity contribution < 1.29 is 19.1 Å². The number of esters is 1. The highest BCUT2D eigenvalue weighted by molar-refractivity contribution is 7.09. The highest BCUT2D eigenvalue weighted by Crippen LogP contribution is 2.46. The Labute approximate surface area is 143 Å². The van der Waals surface area contributed by atoms with Gasteiger partial charge in [0.2, 0.25) is 5.91 Å². The summed E-state index contributed by atoms with van der Waals surface area (Å²) in [6, 6.07) is 6.98. The number of hydrogen-bond donors (Lipinski definition) is 1. The number of ether oxygens (including phenoxy) is 2. The number of methoxy groups -OCH3 is 1. The molecule has 1 aliphatic rings. The summed E-state index contributed by atoms with van der Waals surface area (Å²) in [5.41, 5.74) is 1.38. The number of rotatable bonds is 5. The molecule has 1 aliphatic heterocycles. The van der Waals surface area contributed by atoms with E-state index in [0.717, 1.165) is 10.4 Å². The summed E-state index contributed by atoms with van der Waals surface area (Å²) < 4.78 is 10.8. The van der Waals surface area contributed by atoms with Crippen LogP contribution in [0.25, 0.3) is 0 Å². The van der Waals surface area contributed by atoms with Gasteiger partial charge in [0.25, 0.3) is 0 Å². The van der Waals surface area contributed by atoms with Crippen LogP contribution in [0.2, 0.25) is 0 Å². The molecule has 0 radical (unpaired) electrons. The third kappa shape index (κ3) is 2.75. The van der Waals surface area contributed by atoms with Crippen molar-refractivity contribution in [2.24, 2.45) is 5.92 Å². The first-order chi connectivity index (χ1) is 11.5. The normalized spacial score (nSPS) is 22.0. The molecule has 126 valence electrons. The van der Waals surface area contributed by atoms with Gasteiger partial charge in [0, 0.05) is 18.0 Å². The van der Waals surface area contributed by atoms with Crippen LogP contribution in [0.15, 0.2) is 36.0 Å². The number of hydrogen-bond acceptors (Lipinski definition) is 6. The molecular weight excluding hydrogens is 328 g/mol. The fraction of sp³-hybridized carbons (Fsp3) is 0.353. The fourth-order valence-corrected chi connectivity index (χ4v) is 3.79. The van der Waals surface area contributed by atoms with E-state index in [-0.39, 0.29) is 11.9 Å². The Kier molecular flexibility index (Phi) is 4.28. The summed E-state index contributed by atoms with van der Waals surface area (Å²) >= 11 is 1.46. The summed E-state index contributed by atoms with van der Waals surface area (Å²) in [6.45, 7) is 3.12. The van der Waals surface area contributed by atoms with Crippen LogP contribution in [-0.2, 0) is 19.9 Å². The van der Waals surface area contributed by atoms with Crippen molar-refractivity contribution in [3.8, 4) is 5.75 Å². The maximum atomic E-state index is 12.3. The lowest BCUT2D eigenvalue weighted by atomic mass is 9.72. The van der Waals surface area contributed by atoms with Crippen LogP contribution in [-0.4, -0.2) is 24.0 Å². The minimum atomic E-state index is -1.07. The van der Waals surface area contributed by atoms with Crippen molar-refractivity contribution in [2.45, 2.75) is 25.5 Å². The Morgan fingerprint density at radius 2 is 2.04 bits per heavy atom. The number of thiazole rings is 1. The molecule has 1 aromatic carbocycles. The van der Waals surface area contributed by atoms with E-state index in [1.54, 1.807) is 37.9 Å². The predicted molar refractivity (Wildman–Crippen MR) is 88.6 cm³/mol. The molecule has 1 N–H and O–H groups in total. The standard InChI is InChI=1S/C17H18N2O4S/c1-10(20)23-17(2,11-4-6-12(22-3)7-5-11)14-15(19-16(14)21)13-8-18-9-24-13/h4-9,14-15H,1-3H3,(H,19,21). The van der Waals surface area contributed by atoms with Crippen LogP contribution in [0.5, 0.6) is 5.75 Å². The second kappa shape index (κ2) is 6.24. The number of carbonyl (C=O) groups is 2. The van der Waals surface area contributed by atoms with Crippen LogP contribution >= 0.6 is 11.3 Å². The molecule has 1 aromatic heterocycles. The van der Waals surface area contributed by atoms with Crippen LogP contribution in [0.3, 0.4) is 0 Å². The van der Waals surface area contributed by atoms with Crippen molar-refractivity contribution in [3.05, 3.63) is 46.4 Å². The number of benzene rings is 1. The third-order valence-electron chi connectivity index (χ3n) is 4.28. The molecule has 0 aliphatic carbocycles. The van der Waals surface area contributed by atoms with Gasteiger partial charge in [-0.1, -0.05) is 12.1 Å². The molecule has 6 nitrogen and oxygen atoms in total. The molecule has 7 heteroatoms. The van der Waals surface area contributed by atoms with E-state index >= 15 is 0 Å². The average Bonchev–Trinajstić information content (AvgIpc) is 3.05. The van der Waals surface area contributed by atoms with Gasteiger partial charge in [0.1, 0.15) is 17.3 Å². The fourth-order valence-electron chi connectivity index (χ4n) is 3.09. The van der Waals surface area contributed by atoms with Gasteiger partial charge >= 0.3 is 5.97 Å².